The van der Waals surface area contributed by atoms with Crippen molar-refractivity contribution in [1.82, 2.24) is 10.2 Å². The van der Waals surface area contributed by atoms with Crippen molar-refractivity contribution in [2.75, 3.05) is 27.2 Å². The van der Waals surface area contributed by atoms with Gasteiger partial charge >= 0.3 is 0 Å². The van der Waals surface area contributed by atoms with Crippen LogP contribution in [0.4, 0.5) is 0 Å². The molecular formula is C14H30N2O2. The van der Waals surface area contributed by atoms with Gasteiger partial charge in [-0.05, 0) is 32.4 Å². The quantitative estimate of drug-likeness (QED) is 0.759. The van der Waals surface area contributed by atoms with E-state index in [1.807, 2.05) is 19.0 Å². The smallest absolute Gasteiger partial charge is 0.220 e. The number of nitrogens with zero attached hydrogens (tertiary/aromatic N) is 1. The normalized spacial score (nSPS) is 17.4. The summed E-state index contributed by atoms with van der Waals surface area (Å²) in [5.41, 5.74) is -0.756. The second-order valence-corrected chi connectivity index (χ2v) is 6.98. The first kappa shape index (κ1) is 17.4. The van der Waals surface area contributed by atoms with Crippen molar-refractivity contribution in [3.05, 3.63) is 0 Å². The van der Waals surface area contributed by atoms with Gasteiger partial charge in [-0.3, -0.25) is 4.79 Å². The number of rotatable bonds is 6. The first-order chi connectivity index (χ1) is 7.94. The van der Waals surface area contributed by atoms with Crippen LogP contribution in [0.1, 0.15) is 41.0 Å². The molecule has 0 aromatic rings. The van der Waals surface area contributed by atoms with Crippen molar-refractivity contribution in [3.63, 3.8) is 0 Å². The molecule has 0 radical (unpaired) electrons. The molecule has 0 aromatic heterocycles. The molecule has 0 aliphatic heterocycles. The molecule has 0 heterocycles. The molecule has 0 spiro atoms. The van der Waals surface area contributed by atoms with Crippen LogP contribution in [0.15, 0.2) is 0 Å². The van der Waals surface area contributed by atoms with Gasteiger partial charge in [0.25, 0.3) is 0 Å². The van der Waals surface area contributed by atoms with E-state index in [1.165, 1.54) is 0 Å². The van der Waals surface area contributed by atoms with Gasteiger partial charge in [-0.15, -0.1) is 0 Å². The first-order valence-corrected chi connectivity index (χ1v) is 6.58. The van der Waals surface area contributed by atoms with Gasteiger partial charge in [0, 0.05) is 19.5 Å². The Morgan fingerprint density at radius 2 is 1.78 bits per heavy atom. The Morgan fingerprint density at radius 3 is 2.17 bits per heavy atom. The number of carbonyl (C=O) groups excluding carboxylic acids is 1. The van der Waals surface area contributed by atoms with Crippen LogP contribution in [0.5, 0.6) is 0 Å². The van der Waals surface area contributed by atoms with E-state index in [1.54, 1.807) is 6.92 Å². The fourth-order valence-electron chi connectivity index (χ4n) is 1.68. The van der Waals surface area contributed by atoms with E-state index in [9.17, 15) is 9.90 Å². The Labute approximate surface area is 112 Å². The molecule has 108 valence electrons. The number of aliphatic hydroxyl groups is 1. The number of likely N-dealkylation sites (N-methyl/N-ethyl adjacent to an activating group) is 1. The first-order valence-electron chi connectivity index (χ1n) is 6.58. The standard InChI is InChI=1S/C14H30N2O2/c1-11(13(2,3)4)8-12(17)15-9-14(5,18)10-16(6)7/h11,18H,8-10H2,1-7H3,(H,15,17). The lowest BCUT2D eigenvalue weighted by Crippen LogP contribution is -2.47. The van der Waals surface area contributed by atoms with Crippen molar-refractivity contribution in [3.8, 4) is 0 Å². The fraction of sp³-hybridized carbons (Fsp3) is 0.929. The lowest BCUT2D eigenvalue weighted by atomic mass is 9.80. The Hall–Kier alpha value is -0.610. The molecule has 0 saturated carbocycles. The van der Waals surface area contributed by atoms with Crippen LogP contribution in [-0.4, -0.2) is 48.7 Å². The van der Waals surface area contributed by atoms with Gasteiger partial charge in [-0.1, -0.05) is 27.7 Å². The number of carbonyl (C=O) groups is 1. The minimum absolute atomic E-state index is 0.0106. The molecule has 0 aromatic carbocycles. The largest absolute Gasteiger partial charge is 0.387 e. The van der Waals surface area contributed by atoms with Gasteiger partial charge in [0.15, 0.2) is 0 Å². The van der Waals surface area contributed by atoms with E-state index in [-0.39, 0.29) is 11.3 Å². The topological polar surface area (TPSA) is 52.6 Å². The van der Waals surface area contributed by atoms with Gasteiger partial charge in [0.1, 0.15) is 0 Å². The molecule has 0 fully saturated rings. The number of hydrogen-bond donors (Lipinski definition) is 2. The minimum atomic E-state index is -0.885. The molecule has 2 atom stereocenters. The highest BCUT2D eigenvalue weighted by Gasteiger charge is 2.25. The molecule has 4 nitrogen and oxygen atoms in total. The zero-order valence-electron chi connectivity index (χ0n) is 13.0. The zero-order chi connectivity index (χ0) is 14.6. The summed E-state index contributed by atoms with van der Waals surface area (Å²) in [4.78, 5) is 13.7. The molecule has 4 heteroatoms. The summed E-state index contributed by atoms with van der Waals surface area (Å²) in [5.74, 6) is 0.327. The van der Waals surface area contributed by atoms with E-state index in [0.29, 0.717) is 25.4 Å². The molecule has 0 saturated heterocycles. The Balaban J connectivity index is 4.12. The zero-order valence-corrected chi connectivity index (χ0v) is 13.0. The summed E-state index contributed by atoms with van der Waals surface area (Å²) in [5, 5.41) is 12.9. The maximum Gasteiger partial charge on any atom is 0.220 e. The third kappa shape index (κ3) is 7.67. The molecule has 0 rings (SSSR count). The fourth-order valence-corrected chi connectivity index (χ4v) is 1.68. The van der Waals surface area contributed by atoms with Crippen molar-refractivity contribution < 1.29 is 9.90 Å². The number of nitrogens with one attached hydrogen (secondary N) is 1. The summed E-state index contributed by atoms with van der Waals surface area (Å²) in [6, 6.07) is 0. The van der Waals surface area contributed by atoms with E-state index >= 15 is 0 Å². The van der Waals surface area contributed by atoms with Crippen LogP contribution in [0.2, 0.25) is 0 Å². The molecule has 2 unspecified atom stereocenters. The van der Waals surface area contributed by atoms with Crippen LogP contribution in [0, 0.1) is 11.3 Å². The van der Waals surface area contributed by atoms with E-state index < -0.39 is 5.60 Å². The summed E-state index contributed by atoms with van der Waals surface area (Å²) >= 11 is 0. The van der Waals surface area contributed by atoms with Crippen molar-refractivity contribution in [1.29, 1.82) is 0 Å². The average Bonchev–Trinajstić information content (AvgIpc) is 2.11. The maximum absolute atomic E-state index is 11.8. The van der Waals surface area contributed by atoms with E-state index in [0.717, 1.165) is 0 Å². The van der Waals surface area contributed by atoms with E-state index in [2.05, 4.69) is 33.0 Å². The molecule has 0 aliphatic carbocycles. The van der Waals surface area contributed by atoms with Gasteiger partial charge in [-0.25, -0.2) is 0 Å². The van der Waals surface area contributed by atoms with E-state index in [4.69, 9.17) is 0 Å². The van der Waals surface area contributed by atoms with Gasteiger partial charge in [0.05, 0.1) is 5.60 Å². The maximum atomic E-state index is 11.8. The van der Waals surface area contributed by atoms with Crippen LogP contribution in [0.3, 0.4) is 0 Å². The van der Waals surface area contributed by atoms with Crippen LogP contribution in [0.25, 0.3) is 0 Å². The van der Waals surface area contributed by atoms with Crippen LogP contribution in [-0.2, 0) is 4.79 Å². The van der Waals surface area contributed by atoms with Gasteiger partial charge < -0.3 is 15.3 Å². The summed E-state index contributed by atoms with van der Waals surface area (Å²) < 4.78 is 0. The number of hydrogen-bond acceptors (Lipinski definition) is 3. The molecule has 18 heavy (non-hydrogen) atoms. The summed E-state index contributed by atoms with van der Waals surface area (Å²) in [6.45, 7) is 11.0. The second-order valence-electron chi connectivity index (χ2n) is 6.98. The third-order valence-electron chi connectivity index (χ3n) is 3.29. The Kier molecular flexibility index (Phi) is 6.30. The molecule has 1 amide bonds. The minimum Gasteiger partial charge on any atom is -0.387 e. The molecule has 2 N–H and O–H groups in total. The molecule has 0 aliphatic rings. The van der Waals surface area contributed by atoms with Gasteiger partial charge in [-0.2, -0.15) is 0 Å². The lowest BCUT2D eigenvalue weighted by Gasteiger charge is -2.29. The summed E-state index contributed by atoms with van der Waals surface area (Å²) in [7, 11) is 3.80. The average molecular weight is 258 g/mol. The second kappa shape index (κ2) is 6.53. The molecule has 0 bridgehead atoms. The highest BCUT2D eigenvalue weighted by molar-refractivity contribution is 5.76. The van der Waals surface area contributed by atoms with Crippen molar-refractivity contribution >= 4 is 5.91 Å². The van der Waals surface area contributed by atoms with Crippen LogP contribution < -0.4 is 5.32 Å². The third-order valence-corrected chi connectivity index (χ3v) is 3.29. The SMILES string of the molecule is CC(CC(=O)NCC(C)(O)CN(C)C)C(C)(C)C. The predicted octanol–water partition coefficient (Wildman–Crippen LogP) is 1.49. The summed E-state index contributed by atoms with van der Waals surface area (Å²) in [6.07, 6.45) is 0.502. The highest BCUT2D eigenvalue weighted by atomic mass is 16.3. The van der Waals surface area contributed by atoms with Crippen molar-refractivity contribution in [2.24, 2.45) is 11.3 Å². The monoisotopic (exact) mass is 258 g/mol. The molecular weight excluding hydrogens is 228 g/mol. The lowest BCUT2D eigenvalue weighted by molar-refractivity contribution is -0.124. The number of amides is 1. The van der Waals surface area contributed by atoms with Crippen molar-refractivity contribution in [2.45, 2.75) is 46.6 Å². The predicted molar refractivity (Wildman–Crippen MR) is 75.4 cm³/mol. The highest BCUT2D eigenvalue weighted by Crippen LogP contribution is 2.27. The van der Waals surface area contributed by atoms with Crippen LogP contribution >= 0.6 is 0 Å². The van der Waals surface area contributed by atoms with Gasteiger partial charge in [0.2, 0.25) is 5.91 Å². The Morgan fingerprint density at radius 1 is 1.28 bits per heavy atom. The Bertz CT molecular complexity index is 267.